The number of ether oxygens (including phenoxy) is 1. The van der Waals surface area contributed by atoms with Crippen molar-refractivity contribution in [3.05, 3.63) is 54.9 Å². The van der Waals surface area contributed by atoms with Crippen LogP contribution in [0.4, 0.5) is 5.69 Å². The summed E-state index contributed by atoms with van der Waals surface area (Å²) in [7, 11) is 0. The van der Waals surface area contributed by atoms with Crippen molar-refractivity contribution in [1.29, 1.82) is 0 Å². The van der Waals surface area contributed by atoms with Gasteiger partial charge in [0.05, 0.1) is 24.0 Å². The molecule has 2 N–H and O–H groups in total. The average Bonchev–Trinajstić information content (AvgIpc) is 2.99. The van der Waals surface area contributed by atoms with E-state index in [-0.39, 0.29) is 0 Å². The number of aryl methyl sites for hydroxylation is 1. The second-order valence-corrected chi connectivity index (χ2v) is 5.76. The Kier molecular flexibility index (Phi) is 5.14. The molecule has 3 rings (SSSR count). The molecule has 23 heavy (non-hydrogen) atoms. The van der Waals surface area contributed by atoms with E-state index in [0.717, 1.165) is 36.5 Å². The zero-order valence-electron chi connectivity index (χ0n) is 13.3. The molecular weight excluding hydrogens is 286 g/mol. The van der Waals surface area contributed by atoms with Crippen LogP contribution in [-0.2, 0) is 6.54 Å². The number of nitrogens with two attached hydrogens (primary N) is 1. The first kappa shape index (κ1) is 15.4. The van der Waals surface area contributed by atoms with Gasteiger partial charge in [-0.2, -0.15) is 0 Å². The number of benzene rings is 2. The standard InChI is InChI=1S/C19H23N3O/c20-16-9-11-17(12-10-16)23-14-6-2-1-5-13-22-15-21-18-7-3-4-8-19(18)22/h3-4,7-12,15H,1-2,5-6,13-14,20H2. The molecule has 0 saturated heterocycles. The minimum absolute atomic E-state index is 0.762. The van der Waals surface area contributed by atoms with Gasteiger partial charge in [-0.1, -0.05) is 25.0 Å². The van der Waals surface area contributed by atoms with Crippen molar-refractivity contribution in [3.63, 3.8) is 0 Å². The molecule has 0 aliphatic heterocycles. The Labute approximate surface area is 136 Å². The molecule has 0 amide bonds. The van der Waals surface area contributed by atoms with E-state index in [1.165, 1.54) is 24.8 Å². The highest BCUT2D eigenvalue weighted by atomic mass is 16.5. The lowest BCUT2D eigenvalue weighted by atomic mass is 10.2. The lowest BCUT2D eigenvalue weighted by Gasteiger charge is -2.07. The van der Waals surface area contributed by atoms with Crippen LogP contribution < -0.4 is 10.5 Å². The predicted molar refractivity (Wildman–Crippen MR) is 94.6 cm³/mol. The zero-order valence-corrected chi connectivity index (χ0v) is 13.3. The molecule has 120 valence electrons. The third kappa shape index (κ3) is 4.25. The number of rotatable bonds is 8. The van der Waals surface area contributed by atoms with Crippen molar-refractivity contribution in [2.24, 2.45) is 0 Å². The number of imidazole rings is 1. The van der Waals surface area contributed by atoms with Gasteiger partial charge in [0, 0.05) is 12.2 Å². The number of hydrogen-bond donors (Lipinski definition) is 1. The third-order valence-electron chi connectivity index (χ3n) is 3.97. The second-order valence-electron chi connectivity index (χ2n) is 5.76. The van der Waals surface area contributed by atoms with E-state index < -0.39 is 0 Å². The minimum Gasteiger partial charge on any atom is -0.494 e. The molecule has 4 heteroatoms. The van der Waals surface area contributed by atoms with Crippen molar-refractivity contribution >= 4 is 16.7 Å². The van der Waals surface area contributed by atoms with E-state index in [1.54, 1.807) is 0 Å². The van der Waals surface area contributed by atoms with Crippen molar-refractivity contribution in [1.82, 2.24) is 9.55 Å². The summed E-state index contributed by atoms with van der Waals surface area (Å²) in [4.78, 5) is 4.42. The summed E-state index contributed by atoms with van der Waals surface area (Å²) in [5, 5.41) is 0. The first-order valence-electron chi connectivity index (χ1n) is 8.21. The summed E-state index contributed by atoms with van der Waals surface area (Å²) in [5.41, 5.74) is 8.71. The van der Waals surface area contributed by atoms with E-state index in [0.29, 0.717) is 0 Å². The maximum Gasteiger partial charge on any atom is 0.119 e. The van der Waals surface area contributed by atoms with Crippen molar-refractivity contribution in [2.45, 2.75) is 32.2 Å². The van der Waals surface area contributed by atoms with Gasteiger partial charge in [0.25, 0.3) is 0 Å². The second kappa shape index (κ2) is 7.68. The summed E-state index contributed by atoms with van der Waals surface area (Å²) in [6.07, 6.45) is 6.57. The number of hydrogen-bond acceptors (Lipinski definition) is 3. The van der Waals surface area contributed by atoms with Crippen LogP contribution in [0.5, 0.6) is 5.75 Å². The Morgan fingerprint density at radius 3 is 2.57 bits per heavy atom. The number of nitrogens with zero attached hydrogens (tertiary/aromatic N) is 2. The maximum atomic E-state index is 5.70. The van der Waals surface area contributed by atoms with Crippen LogP contribution in [0.1, 0.15) is 25.7 Å². The fourth-order valence-corrected chi connectivity index (χ4v) is 2.68. The number of fused-ring (bicyclic) bond motifs is 1. The van der Waals surface area contributed by atoms with Gasteiger partial charge in [-0.25, -0.2) is 4.98 Å². The topological polar surface area (TPSA) is 53.1 Å². The molecule has 0 aliphatic rings. The number of para-hydroxylation sites is 2. The van der Waals surface area contributed by atoms with Crippen LogP contribution >= 0.6 is 0 Å². The highest BCUT2D eigenvalue weighted by Gasteiger charge is 2.00. The Morgan fingerprint density at radius 2 is 1.70 bits per heavy atom. The van der Waals surface area contributed by atoms with Crippen LogP contribution in [0.25, 0.3) is 11.0 Å². The molecule has 0 radical (unpaired) electrons. The monoisotopic (exact) mass is 309 g/mol. The summed E-state index contributed by atoms with van der Waals surface area (Å²) in [6, 6.07) is 15.8. The van der Waals surface area contributed by atoms with Crippen LogP contribution in [0.15, 0.2) is 54.9 Å². The number of nitrogen functional groups attached to an aromatic ring is 1. The van der Waals surface area contributed by atoms with Gasteiger partial charge in [0.15, 0.2) is 0 Å². The highest BCUT2D eigenvalue weighted by molar-refractivity contribution is 5.74. The van der Waals surface area contributed by atoms with Gasteiger partial charge in [-0.3, -0.25) is 0 Å². The Morgan fingerprint density at radius 1 is 0.913 bits per heavy atom. The fraction of sp³-hybridized carbons (Fsp3) is 0.316. The number of unbranched alkanes of at least 4 members (excludes halogenated alkanes) is 3. The molecule has 1 heterocycles. The molecular formula is C19H23N3O. The van der Waals surface area contributed by atoms with E-state index in [1.807, 2.05) is 36.7 Å². The molecule has 2 aromatic carbocycles. The summed E-state index contributed by atoms with van der Waals surface area (Å²) in [5.74, 6) is 0.893. The van der Waals surface area contributed by atoms with Gasteiger partial charge < -0.3 is 15.0 Å². The van der Waals surface area contributed by atoms with Crippen molar-refractivity contribution < 1.29 is 4.74 Å². The van der Waals surface area contributed by atoms with Crippen LogP contribution in [0, 0.1) is 0 Å². The first-order chi connectivity index (χ1) is 11.3. The van der Waals surface area contributed by atoms with E-state index in [9.17, 15) is 0 Å². The third-order valence-corrected chi connectivity index (χ3v) is 3.97. The fourth-order valence-electron chi connectivity index (χ4n) is 2.68. The molecule has 0 saturated carbocycles. The molecule has 4 nitrogen and oxygen atoms in total. The molecule has 0 atom stereocenters. The molecule has 1 aromatic heterocycles. The first-order valence-corrected chi connectivity index (χ1v) is 8.21. The lowest BCUT2D eigenvalue weighted by molar-refractivity contribution is 0.304. The van der Waals surface area contributed by atoms with Gasteiger partial charge in [-0.05, 0) is 49.2 Å². The highest BCUT2D eigenvalue weighted by Crippen LogP contribution is 2.15. The van der Waals surface area contributed by atoms with Crippen LogP contribution in [-0.4, -0.2) is 16.2 Å². The van der Waals surface area contributed by atoms with Crippen molar-refractivity contribution in [2.75, 3.05) is 12.3 Å². The average molecular weight is 309 g/mol. The summed E-state index contributed by atoms with van der Waals surface area (Å²) >= 11 is 0. The van der Waals surface area contributed by atoms with E-state index in [2.05, 4.69) is 27.8 Å². The lowest BCUT2D eigenvalue weighted by Crippen LogP contribution is -1.99. The predicted octanol–water partition coefficient (Wildman–Crippen LogP) is 4.26. The molecule has 0 bridgehead atoms. The zero-order chi connectivity index (χ0) is 15.9. The molecule has 0 spiro atoms. The van der Waals surface area contributed by atoms with Crippen LogP contribution in [0.3, 0.4) is 0 Å². The maximum absolute atomic E-state index is 5.70. The van der Waals surface area contributed by atoms with Gasteiger partial charge >= 0.3 is 0 Å². The minimum atomic E-state index is 0.762. The quantitative estimate of drug-likeness (QED) is 0.500. The largest absolute Gasteiger partial charge is 0.494 e. The summed E-state index contributed by atoms with van der Waals surface area (Å²) < 4.78 is 7.94. The molecule has 0 aliphatic carbocycles. The summed E-state index contributed by atoms with van der Waals surface area (Å²) in [6.45, 7) is 1.79. The molecule has 0 unspecified atom stereocenters. The SMILES string of the molecule is Nc1ccc(OCCCCCCn2cnc3ccccc32)cc1. The number of anilines is 1. The van der Waals surface area contributed by atoms with E-state index >= 15 is 0 Å². The van der Waals surface area contributed by atoms with Gasteiger partial charge in [-0.15, -0.1) is 0 Å². The van der Waals surface area contributed by atoms with Crippen molar-refractivity contribution in [3.8, 4) is 5.75 Å². The van der Waals surface area contributed by atoms with Gasteiger partial charge in [0.2, 0.25) is 0 Å². The Bertz CT molecular complexity index is 734. The Hall–Kier alpha value is -2.49. The molecule has 0 fully saturated rings. The van der Waals surface area contributed by atoms with E-state index in [4.69, 9.17) is 10.5 Å². The molecule has 3 aromatic rings. The van der Waals surface area contributed by atoms with Crippen LogP contribution in [0.2, 0.25) is 0 Å². The smallest absolute Gasteiger partial charge is 0.119 e. The van der Waals surface area contributed by atoms with Gasteiger partial charge in [0.1, 0.15) is 5.75 Å². The normalized spacial score (nSPS) is 11.0. The number of aromatic nitrogens is 2. The Balaban J connectivity index is 1.32.